The van der Waals surface area contributed by atoms with Gasteiger partial charge in [-0.2, -0.15) is 13.2 Å². The highest BCUT2D eigenvalue weighted by Crippen LogP contribution is 2.22. The number of alkyl halides is 3. The van der Waals surface area contributed by atoms with Gasteiger partial charge in [-0.3, -0.25) is 9.59 Å². The fraction of sp³-hybridized carbons (Fsp3) is 0.188. The number of rotatable bonds is 5. The Bertz CT molecular complexity index is 760. The number of pyridine rings is 1. The molecular formula is C16H13F3N2O3. The van der Waals surface area contributed by atoms with Crippen LogP contribution in [0.5, 0.6) is 5.88 Å². The number of ether oxygens (including phenoxy) is 1. The minimum Gasteiger partial charge on any atom is -0.467 e. The van der Waals surface area contributed by atoms with E-state index in [1.165, 1.54) is 37.4 Å². The van der Waals surface area contributed by atoms with Gasteiger partial charge >= 0.3 is 6.18 Å². The van der Waals surface area contributed by atoms with Gasteiger partial charge in [-0.15, -0.1) is 0 Å². The summed E-state index contributed by atoms with van der Waals surface area (Å²) in [7, 11) is 0. The molecule has 2 aromatic rings. The molecule has 0 saturated heterocycles. The van der Waals surface area contributed by atoms with Crippen LogP contribution in [0, 0.1) is 0 Å². The predicted octanol–water partition coefficient (Wildman–Crippen LogP) is 3.48. The van der Waals surface area contributed by atoms with Gasteiger partial charge < -0.3 is 10.1 Å². The smallest absolute Gasteiger partial charge is 0.422 e. The minimum atomic E-state index is -4.55. The van der Waals surface area contributed by atoms with Gasteiger partial charge in [0.15, 0.2) is 12.4 Å². The monoisotopic (exact) mass is 338 g/mol. The first-order valence-corrected chi connectivity index (χ1v) is 6.84. The van der Waals surface area contributed by atoms with Gasteiger partial charge in [-0.05, 0) is 31.2 Å². The maximum absolute atomic E-state index is 12.3. The van der Waals surface area contributed by atoms with E-state index >= 15 is 0 Å². The SMILES string of the molecule is CC(=O)c1ccccc1NC(=O)c1cccnc1OCC(F)(F)F. The Morgan fingerprint density at radius 1 is 1.12 bits per heavy atom. The third-order valence-electron chi connectivity index (χ3n) is 2.94. The van der Waals surface area contributed by atoms with E-state index < -0.39 is 24.6 Å². The van der Waals surface area contributed by atoms with Gasteiger partial charge in [0.05, 0.1) is 5.69 Å². The highest BCUT2D eigenvalue weighted by Gasteiger charge is 2.29. The highest BCUT2D eigenvalue weighted by molar-refractivity contribution is 6.09. The second kappa shape index (κ2) is 7.12. The summed E-state index contributed by atoms with van der Waals surface area (Å²) in [6.45, 7) is -0.221. The van der Waals surface area contributed by atoms with E-state index in [2.05, 4.69) is 15.0 Å². The molecule has 8 heteroatoms. The fourth-order valence-electron chi connectivity index (χ4n) is 1.92. The van der Waals surface area contributed by atoms with Gasteiger partial charge in [0.2, 0.25) is 5.88 Å². The molecule has 0 fully saturated rings. The number of carbonyl (C=O) groups is 2. The van der Waals surface area contributed by atoms with Crippen molar-refractivity contribution in [3.05, 3.63) is 53.7 Å². The molecule has 2 rings (SSSR count). The Balaban J connectivity index is 2.23. The molecule has 0 radical (unpaired) electrons. The van der Waals surface area contributed by atoms with Gasteiger partial charge in [-0.25, -0.2) is 4.98 Å². The Labute approximate surface area is 135 Å². The van der Waals surface area contributed by atoms with Crippen LogP contribution in [-0.4, -0.2) is 29.5 Å². The van der Waals surface area contributed by atoms with Gasteiger partial charge in [0, 0.05) is 11.8 Å². The van der Waals surface area contributed by atoms with Crippen LogP contribution >= 0.6 is 0 Å². The number of amides is 1. The predicted molar refractivity (Wildman–Crippen MR) is 80.2 cm³/mol. The van der Waals surface area contributed by atoms with Crippen molar-refractivity contribution in [3.63, 3.8) is 0 Å². The molecule has 0 unspecified atom stereocenters. The van der Waals surface area contributed by atoms with Crippen molar-refractivity contribution in [1.29, 1.82) is 0 Å². The second-order valence-electron chi connectivity index (χ2n) is 4.82. The van der Waals surface area contributed by atoms with E-state index in [1.807, 2.05) is 0 Å². The van der Waals surface area contributed by atoms with E-state index in [0.29, 0.717) is 0 Å². The van der Waals surface area contributed by atoms with E-state index in [1.54, 1.807) is 12.1 Å². The normalized spacial score (nSPS) is 11.0. The Morgan fingerprint density at radius 3 is 2.46 bits per heavy atom. The largest absolute Gasteiger partial charge is 0.467 e. The molecule has 0 bridgehead atoms. The molecule has 0 atom stereocenters. The van der Waals surface area contributed by atoms with Gasteiger partial charge in [0.25, 0.3) is 5.91 Å². The molecule has 0 aliphatic carbocycles. The Morgan fingerprint density at radius 2 is 1.79 bits per heavy atom. The summed E-state index contributed by atoms with van der Waals surface area (Å²) in [5.74, 6) is -1.42. The number of nitrogens with one attached hydrogen (secondary N) is 1. The van der Waals surface area contributed by atoms with E-state index in [9.17, 15) is 22.8 Å². The number of halogens is 3. The molecule has 5 nitrogen and oxygen atoms in total. The molecule has 1 amide bonds. The summed E-state index contributed by atoms with van der Waals surface area (Å²) in [5, 5.41) is 2.48. The first kappa shape index (κ1) is 17.5. The van der Waals surface area contributed by atoms with Crippen LogP contribution in [0.15, 0.2) is 42.6 Å². The molecule has 24 heavy (non-hydrogen) atoms. The third kappa shape index (κ3) is 4.55. The highest BCUT2D eigenvalue weighted by atomic mass is 19.4. The lowest BCUT2D eigenvalue weighted by atomic mass is 10.1. The van der Waals surface area contributed by atoms with Crippen molar-refractivity contribution in [1.82, 2.24) is 4.98 Å². The van der Waals surface area contributed by atoms with Crippen LogP contribution < -0.4 is 10.1 Å². The van der Waals surface area contributed by atoms with Crippen LogP contribution in [0.3, 0.4) is 0 Å². The maximum atomic E-state index is 12.3. The number of nitrogens with zero attached hydrogens (tertiary/aromatic N) is 1. The van der Waals surface area contributed by atoms with Crippen molar-refractivity contribution in [3.8, 4) is 5.88 Å². The van der Waals surface area contributed by atoms with Crippen LogP contribution in [0.2, 0.25) is 0 Å². The van der Waals surface area contributed by atoms with Gasteiger partial charge in [0.1, 0.15) is 5.56 Å². The van der Waals surface area contributed by atoms with Crippen LogP contribution in [0.25, 0.3) is 0 Å². The fourth-order valence-corrected chi connectivity index (χ4v) is 1.92. The summed E-state index contributed by atoms with van der Waals surface area (Å²) in [4.78, 5) is 27.5. The topological polar surface area (TPSA) is 68.3 Å². The first-order valence-electron chi connectivity index (χ1n) is 6.84. The molecule has 0 spiro atoms. The quantitative estimate of drug-likeness (QED) is 0.848. The van der Waals surface area contributed by atoms with E-state index in [-0.39, 0.29) is 22.6 Å². The average molecular weight is 338 g/mol. The van der Waals surface area contributed by atoms with Crippen LogP contribution in [0.1, 0.15) is 27.6 Å². The summed E-state index contributed by atoms with van der Waals surface area (Å²) in [6, 6.07) is 8.97. The molecule has 0 saturated carbocycles. The lowest BCUT2D eigenvalue weighted by molar-refractivity contribution is -0.154. The number of aromatic nitrogens is 1. The zero-order valence-electron chi connectivity index (χ0n) is 12.6. The number of para-hydroxylation sites is 1. The average Bonchev–Trinajstić information content (AvgIpc) is 2.52. The summed E-state index contributed by atoms with van der Waals surface area (Å²) in [6.07, 6.45) is -3.33. The maximum Gasteiger partial charge on any atom is 0.422 e. The Kier molecular flexibility index (Phi) is 5.18. The first-order chi connectivity index (χ1) is 11.3. The van der Waals surface area contributed by atoms with Crippen molar-refractivity contribution in [2.24, 2.45) is 0 Å². The minimum absolute atomic E-state index is 0.167. The zero-order valence-corrected chi connectivity index (χ0v) is 12.6. The Hall–Kier alpha value is -2.90. The van der Waals surface area contributed by atoms with Crippen LogP contribution in [0.4, 0.5) is 18.9 Å². The number of ketones is 1. The number of carbonyl (C=O) groups excluding carboxylic acids is 2. The molecule has 1 heterocycles. The van der Waals surface area contributed by atoms with E-state index in [4.69, 9.17) is 0 Å². The molecular weight excluding hydrogens is 325 g/mol. The summed E-state index contributed by atoms with van der Waals surface area (Å²) >= 11 is 0. The third-order valence-corrected chi connectivity index (χ3v) is 2.94. The summed E-state index contributed by atoms with van der Waals surface area (Å²) in [5.41, 5.74) is 0.369. The second-order valence-corrected chi connectivity index (χ2v) is 4.82. The van der Waals surface area contributed by atoms with Crippen molar-refractivity contribution < 1.29 is 27.5 Å². The number of Topliss-reactive ketones (excluding diaryl/α,β-unsaturated/α-hetero) is 1. The van der Waals surface area contributed by atoms with Gasteiger partial charge in [-0.1, -0.05) is 12.1 Å². The van der Waals surface area contributed by atoms with Crippen molar-refractivity contribution in [2.45, 2.75) is 13.1 Å². The number of benzene rings is 1. The molecule has 1 N–H and O–H groups in total. The molecule has 0 aliphatic rings. The number of anilines is 1. The molecule has 0 aliphatic heterocycles. The van der Waals surface area contributed by atoms with Crippen molar-refractivity contribution >= 4 is 17.4 Å². The molecule has 1 aromatic heterocycles. The standard InChI is InChI=1S/C16H13F3N2O3/c1-10(22)11-5-2-3-7-13(11)21-14(23)12-6-4-8-20-15(12)24-9-16(17,18)19/h2-8H,9H2,1H3,(H,21,23). The lowest BCUT2D eigenvalue weighted by Gasteiger charge is -2.13. The number of hydrogen-bond donors (Lipinski definition) is 1. The van der Waals surface area contributed by atoms with Crippen LogP contribution in [-0.2, 0) is 0 Å². The lowest BCUT2D eigenvalue weighted by Crippen LogP contribution is -2.22. The molecule has 1 aromatic carbocycles. The summed E-state index contributed by atoms with van der Waals surface area (Å²) < 4.78 is 41.4. The zero-order chi connectivity index (χ0) is 17.7. The van der Waals surface area contributed by atoms with Crippen molar-refractivity contribution in [2.75, 3.05) is 11.9 Å². The van der Waals surface area contributed by atoms with E-state index in [0.717, 1.165) is 0 Å². The number of hydrogen-bond acceptors (Lipinski definition) is 4. The molecule has 126 valence electrons.